The monoisotopic (exact) mass is 224 g/mol. The van der Waals surface area contributed by atoms with Gasteiger partial charge in [-0.3, -0.25) is 4.90 Å². The van der Waals surface area contributed by atoms with Crippen LogP contribution < -0.4 is 5.73 Å². The average Bonchev–Trinajstić information content (AvgIpc) is 2.71. The molecule has 2 rings (SSSR count). The van der Waals surface area contributed by atoms with E-state index in [0.717, 1.165) is 18.4 Å². The zero-order chi connectivity index (χ0) is 11.4. The zero-order valence-corrected chi connectivity index (χ0v) is 10.8. The number of likely N-dealkylation sites (tertiary alicyclic amines) is 1. The van der Waals surface area contributed by atoms with E-state index in [9.17, 15) is 0 Å². The SMILES string of the molecule is CC1CCCN(C(CN)C2CCCC2)CC1. The molecule has 1 saturated heterocycles. The lowest BCUT2D eigenvalue weighted by atomic mass is 9.96. The van der Waals surface area contributed by atoms with Crippen LogP contribution in [0.5, 0.6) is 0 Å². The molecule has 2 N–H and O–H groups in total. The topological polar surface area (TPSA) is 29.3 Å². The Morgan fingerprint density at radius 3 is 2.50 bits per heavy atom. The first kappa shape index (κ1) is 12.4. The van der Waals surface area contributed by atoms with Gasteiger partial charge >= 0.3 is 0 Å². The minimum atomic E-state index is 0.688. The fourth-order valence-electron chi connectivity index (χ4n) is 3.60. The molecule has 1 heterocycles. The van der Waals surface area contributed by atoms with Crippen LogP contribution in [0.25, 0.3) is 0 Å². The van der Waals surface area contributed by atoms with Crippen molar-refractivity contribution in [3.63, 3.8) is 0 Å². The molecule has 0 radical (unpaired) electrons. The molecule has 2 heteroatoms. The van der Waals surface area contributed by atoms with Gasteiger partial charge in [0, 0.05) is 12.6 Å². The second-order valence-corrected chi connectivity index (χ2v) is 5.92. The minimum Gasteiger partial charge on any atom is -0.329 e. The lowest BCUT2D eigenvalue weighted by Crippen LogP contribution is -2.45. The second kappa shape index (κ2) is 6.02. The Hall–Kier alpha value is -0.0800. The van der Waals surface area contributed by atoms with E-state index >= 15 is 0 Å². The number of rotatable bonds is 3. The van der Waals surface area contributed by atoms with Gasteiger partial charge in [-0.2, -0.15) is 0 Å². The van der Waals surface area contributed by atoms with Crippen molar-refractivity contribution in [1.29, 1.82) is 0 Å². The van der Waals surface area contributed by atoms with E-state index in [-0.39, 0.29) is 0 Å². The lowest BCUT2D eigenvalue weighted by Gasteiger charge is -2.34. The Labute approximate surface area is 101 Å². The summed E-state index contributed by atoms with van der Waals surface area (Å²) in [6.07, 6.45) is 9.89. The van der Waals surface area contributed by atoms with Crippen LogP contribution in [-0.2, 0) is 0 Å². The van der Waals surface area contributed by atoms with Crippen LogP contribution >= 0.6 is 0 Å². The van der Waals surface area contributed by atoms with Gasteiger partial charge in [0.15, 0.2) is 0 Å². The van der Waals surface area contributed by atoms with Crippen molar-refractivity contribution in [2.24, 2.45) is 17.6 Å². The number of hydrogen-bond donors (Lipinski definition) is 1. The molecule has 94 valence electrons. The highest BCUT2D eigenvalue weighted by atomic mass is 15.2. The van der Waals surface area contributed by atoms with Gasteiger partial charge in [0.05, 0.1) is 0 Å². The quantitative estimate of drug-likeness (QED) is 0.798. The van der Waals surface area contributed by atoms with Crippen LogP contribution in [0.2, 0.25) is 0 Å². The van der Waals surface area contributed by atoms with E-state index in [0.29, 0.717) is 6.04 Å². The summed E-state index contributed by atoms with van der Waals surface area (Å²) in [6, 6.07) is 0.688. The molecule has 1 saturated carbocycles. The first-order chi connectivity index (χ1) is 7.81. The molecule has 2 unspecified atom stereocenters. The van der Waals surface area contributed by atoms with Crippen molar-refractivity contribution in [3.8, 4) is 0 Å². The summed E-state index contributed by atoms with van der Waals surface area (Å²) in [7, 11) is 0. The van der Waals surface area contributed by atoms with Gasteiger partial charge in [0.25, 0.3) is 0 Å². The van der Waals surface area contributed by atoms with Gasteiger partial charge in [-0.15, -0.1) is 0 Å². The van der Waals surface area contributed by atoms with Gasteiger partial charge < -0.3 is 5.73 Å². The van der Waals surface area contributed by atoms with Crippen molar-refractivity contribution >= 4 is 0 Å². The first-order valence-electron chi connectivity index (χ1n) is 7.25. The highest BCUT2D eigenvalue weighted by Gasteiger charge is 2.29. The van der Waals surface area contributed by atoms with E-state index in [2.05, 4.69) is 11.8 Å². The molecule has 2 nitrogen and oxygen atoms in total. The van der Waals surface area contributed by atoms with Crippen molar-refractivity contribution in [1.82, 2.24) is 4.90 Å². The molecule has 0 aromatic heterocycles. The smallest absolute Gasteiger partial charge is 0.0246 e. The Bertz CT molecular complexity index is 199. The third kappa shape index (κ3) is 2.98. The molecule has 2 aliphatic rings. The second-order valence-electron chi connectivity index (χ2n) is 5.92. The molecule has 0 aromatic rings. The highest BCUT2D eigenvalue weighted by Crippen LogP contribution is 2.31. The average molecular weight is 224 g/mol. The third-order valence-corrected chi connectivity index (χ3v) is 4.71. The molecule has 0 amide bonds. The van der Waals surface area contributed by atoms with Crippen LogP contribution in [0, 0.1) is 11.8 Å². The summed E-state index contributed by atoms with van der Waals surface area (Å²) in [6.45, 7) is 5.86. The summed E-state index contributed by atoms with van der Waals surface area (Å²) < 4.78 is 0. The summed E-state index contributed by atoms with van der Waals surface area (Å²) in [5.41, 5.74) is 6.03. The molecule has 0 bridgehead atoms. The largest absolute Gasteiger partial charge is 0.329 e. The Balaban J connectivity index is 1.91. The fourth-order valence-corrected chi connectivity index (χ4v) is 3.60. The first-order valence-corrected chi connectivity index (χ1v) is 7.25. The molecule has 0 spiro atoms. The summed E-state index contributed by atoms with van der Waals surface area (Å²) in [4.78, 5) is 2.71. The van der Waals surface area contributed by atoms with E-state index in [4.69, 9.17) is 5.73 Å². The van der Waals surface area contributed by atoms with Gasteiger partial charge in [-0.05, 0) is 57.0 Å². The van der Waals surface area contributed by atoms with Crippen molar-refractivity contribution < 1.29 is 0 Å². The highest BCUT2D eigenvalue weighted by molar-refractivity contribution is 4.85. The minimum absolute atomic E-state index is 0.688. The summed E-state index contributed by atoms with van der Waals surface area (Å²) in [5.74, 6) is 1.82. The zero-order valence-electron chi connectivity index (χ0n) is 10.8. The fraction of sp³-hybridized carbons (Fsp3) is 1.00. The standard InChI is InChI=1S/C14H28N2/c1-12-5-4-9-16(10-8-12)14(11-15)13-6-2-3-7-13/h12-14H,2-11,15H2,1H3. The molecule has 1 aliphatic heterocycles. The maximum absolute atomic E-state index is 6.03. The van der Waals surface area contributed by atoms with Gasteiger partial charge in [-0.1, -0.05) is 19.8 Å². The number of hydrogen-bond acceptors (Lipinski definition) is 2. The summed E-state index contributed by atoms with van der Waals surface area (Å²) in [5, 5.41) is 0. The van der Waals surface area contributed by atoms with Crippen molar-refractivity contribution in [2.45, 2.75) is 57.9 Å². The normalized spacial score (nSPS) is 31.5. The number of nitrogens with two attached hydrogens (primary N) is 1. The molecular formula is C14H28N2. The summed E-state index contributed by atoms with van der Waals surface area (Å²) >= 11 is 0. The van der Waals surface area contributed by atoms with E-state index in [1.807, 2.05) is 0 Å². The molecule has 16 heavy (non-hydrogen) atoms. The van der Waals surface area contributed by atoms with Crippen molar-refractivity contribution in [3.05, 3.63) is 0 Å². The van der Waals surface area contributed by atoms with Gasteiger partial charge in [0.1, 0.15) is 0 Å². The van der Waals surface area contributed by atoms with Gasteiger partial charge in [0.2, 0.25) is 0 Å². The molecular weight excluding hydrogens is 196 g/mol. The maximum atomic E-state index is 6.03. The maximum Gasteiger partial charge on any atom is 0.0246 e. The predicted octanol–water partition coefficient (Wildman–Crippen LogP) is 2.63. The molecule has 0 aromatic carbocycles. The van der Waals surface area contributed by atoms with Crippen molar-refractivity contribution in [2.75, 3.05) is 19.6 Å². The van der Waals surface area contributed by atoms with E-state index in [1.165, 1.54) is 58.0 Å². The predicted molar refractivity (Wildman–Crippen MR) is 69.4 cm³/mol. The van der Waals surface area contributed by atoms with Crippen LogP contribution in [-0.4, -0.2) is 30.6 Å². The van der Waals surface area contributed by atoms with E-state index in [1.54, 1.807) is 0 Å². The van der Waals surface area contributed by atoms with Crippen LogP contribution in [0.1, 0.15) is 51.9 Å². The Kier molecular flexibility index (Phi) is 4.66. The molecule has 2 fully saturated rings. The van der Waals surface area contributed by atoms with Crippen LogP contribution in [0.15, 0.2) is 0 Å². The van der Waals surface area contributed by atoms with Crippen LogP contribution in [0.3, 0.4) is 0 Å². The number of nitrogens with zero attached hydrogens (tertiary/aromatic N) is 1. The Morgan fingerprint density at radius 1 is 1.06 bits per heavy atom. The Morgan fingerprint density at radius 2 is 1.81 bits per heavy atom. The van der Waals surface area contributed by atoms with Crippen LogP contribution in [0.4, 0.5) is 0 Å². The van der Waals surface area contributed by atoms with Gasteiger partial charge in [-0.25, -0.2) is 0 Å². The third-order valence-electron chi connectivity index (χ3n) is 4.71. The molecule has 1 aliphatic carbocycles. The van der Waals surface area contributed by atoms with E-state index < -0.39 is 0 Å². The lowest BCUT2D eigenvalue weighted by molar-refractivity contribution is 0.151. The molecule has 2 atom stereocenters.